The molecule has 0 unspecified atom stereocenters. The van der Waals surface area contributed by atoms with Crippen molar-refractivity contribution < 1.29 is 28.7 Å². The van der Waals surface area contributed by atoms with E-state index in [1.165, 1.54) is 14.0 Å². The van der Waals surface area contributed by atoms with Crippen LogP contribution in [0.5, 0.6) is 5.75 Å². The summed E-state index contributed by atoms with van der Waals surface area (Å²) >= 11 is 0. The van der Waals surface area contributed by atoms with Crippen LogP contribution < -0.4 is 4.74 Å². The molecule has 1 heterocycles. The maximum absolute atomic E-state index is 13.7. The van der Waals surface area contributed by atoms with Crippen molar-refractivity contribution in [2.45, 2.75) is 24.8 Å². The van der Waals surface area contributed by atoms with Crippen LogP contribution >= 0.6 is 0 Å². The average molecular weight is 496 g/mol. The Bertz CT molecular complexity index is 1330. The molecule has 37 heavy (non-hydrogen) atoms. The number of ketones is 1. The molecule has 1 fully saturated rings. The fraction of sp³-hybridized carbons (Fsp3) is 0.267. The third-order valence-electron chi connectivity index (χ3n) is 7.97. The van der Waals surface area contributed by atoms with E-state index >= 15 is 0 Å². The smallest absolute Gasteiger partial charge is 0.329 e. The summed E-state index contributed by atoms with van der Waals surface area (Å²) in [6.45, 7) is 0.996. The molecule has 3 aliphatic carbocycles. The molecule has 0 spiro atoms. The molecule has 7 heteroatoms. The van der Waals surface area contributed by atoms with Gasteiger partial charge < -0.3 is 9.47 Å². The van der Waals surface area contributed by atoms with Crippen LogP contribution in [0.1, 0.15) is 51.4 Å². The van der Waals surface area contributed by atoms with Gasteiger partial charge in [0.15, 0.2) is 12.4 Å². The first kappa shape index (κ1) is 23.2. The van der Waals surface area contributed by atoms with Gasteiger partial charge in [0.1, 0.15) is 11.8 Å². The van der Waals surface area contributed by atoms with E-state index in [9.17, 15) is 19.2 Å². The number of ether oxygens (including phenoxy) is 2. The van der Waals surface area contributed by atoms with Crippen LogP contribution in [0.15, 0.2) is 72.8 Å². The van der Waals surface area contributed by atoms with Gasteiger partial charge in [0.2, 0.25) is 11.8 Å². The van der Waals surface area contributed by atoms with Gasteiger partial charge in [0.05, 0.1) is 18.9 Å². The second-order valence-corrected chi connectivity index (χ2v) is 9.75. The van der Waals surface area contributed by atoms with Gasteiger partial charge in [-0.05, 0) is 53.4 Å². The van der Waals surface area contributed by atoms with Crippen molar-refractivity contribution in [3.63, 3.8) is 0 Å². The summed E-state index contributed by atoms with van der Waals surface area (Å²) < 4.78 is 10.4. The quantitative estimate of drug-likeness (QED) is 0.294. The van der Waals surface area contributed by atoms with Gasteiger partial charge >= 0.3 is 5.97 Å². The number of methoxy groups -OCH3 is 1. The van der Waals surface area contributed by atoms with Crippen LogP contribution in [0.25, 0.3) is 0 Å². The largest absolute Gasteiger partial charge is 0.497 e. The van der Waals surface area contributed by atoms with Crippen molar-refractivity contribution >= 4 is 23.6 Å². The number of esters is 1. The highest BCUT2D eigenvalue weighted by Gasteiger charge is 2.62. The summed E-state index contributed by atoms with van der Waals surface area (Å²) in [5.74, 6) is -2.93. The molecule has 186 valence electrons. The molecule has 1 saturated heterocycles. The van der Waals surface area contributed by atoms with Crippen molar-refractivity contribution in [2.24, 2.45) is 11.8 Å². The molecular weight excluding hydrogens is 470 g/mol. The number of nitrogens with zero attached hydrogens (tertiary/aromatic N) is 1. The molecule has 3 atom stereocenters. The lowest BCUT2D eigenvalue weighted by molar-refractivity contribution is -0.157. The van der Waals surface area contributed by atoms with E-state index in [0.717, 1.165) is 27.2 Å². The van der Waals surface area contributed by atoms with Crippen molar-refractivity contribution in [3.8, 4) is 5.75 Å². The lowest BCUT2D eigenvalue weighted by Crippen LogP contribution is -2.45. The number of likely N-dealkylation sites (tertiary alicyclic amines) is 1. The third-order valence-corrected chi connectivity index (χ3v) is 7.97. The highest BCUT2D eigenvalue weighted by Crippen LogP contribution is 2.61. The maximum Gasteiger partial charge on any atom is 0.329 e. The number of benzene rings is 3. The fourth-order valence-electron chi connectivity index (χ4n) is 6.31. The lowest BCUT2D eigenvalue weighted by atomic mass is 9.55. The first-order valence-corrected chi connectivity index (χ1v) is 12.3. The Morgan fingerprint density at radius 2 is 1.24 bits per heavy atom. The second-order valence-electron chi connectivity index (χ2n) is 9.75. The Balaban J connectivity index is 1.24. The number of imide groups is 1. The van der Waals surface area contributed by atoms with Crippen LogP contribution in [0, 0.1) is 11.8 Å². The summed E-state index contributed by atoms with van der Waals surface area (Å²) in [5, 5.41) is 0. The highest BCUT2D eigenvalue weighted by atomic mass is 16.5. The standard InChI is InChI=1S/C30H25NO6/c1-16(30(35)37-15-23(32)17-11-13-18(36-2)14-12-17)31-28(33)26-24-19-7-3-4-8-20(19)25(27(26)29(31)34)22-10-6-5-9-21(22)24/h3-14,16,24-27H,15H2,1-2H3/t16-,24?,25?,26-,27+/m0/s1. The molecule has 3 aromatic carbocycles. The monoisotopic (exact) mass is 495 g/mol. The number of hydrogen-bond donors (Lipinski definition) is 0. The van der Waals surface area contributed by atoms with Crippen molar-refractivity contribution in [2.75, 3.05) is 13.7 Å². The number of carbonyl (C=O) groups excluding carboxylic acids is 4. The van der Waals surface area contributed by atoms with Gasteiger partial charge in [-0.3, -0.25) is 19.3 Å². The van der Waals surface area contributed by atoms with Gasteiger partial charge in [-0.25, -0.2) is 4.79 Å². The summed E-state index contributed by atoms with van der Waals surface area (Å²) in [6.07, 6.45) is 0. The minimum absolute atomic E-state index is 0.247. The first-order chi connectivity index (χ1) is 17.9. The predicted molar refractivity (Wildman–Crippen MR) is 133 cm³/mol. The zero-order valence-electron chi connectivity index (χ0n) is 20.4. The summed E-state index contributed by atoms with van der Waals surface area (Å²) in [7, 11) is 1.53. The lowest BCUT2D eigenvalue weighted by Gasteiger charge is -2.45. The van der Waals surface area contributed by atoms with Gasteiger partial charge in [-0.1, -0.05) is 48.5 Å². The minimum Gasteiger partial charge on any atom is -0.497 e. The number of Topliss-reactive ketones (excluding diaryl/α,β-unsaturated/α-hetero) is 1. The van der Waals surface area contributed by atoms with Crippen LogP contribution in [-0.4, -0.2) is 48.2 Å². The van der Waals surface area contributed by atoms with Gasteiger partial charge in [0, 0.05) is 17.4 Å². The van der Waals surface area contributed by atoms with Crippen molar-refractivity contribution in [1.82, 2.24) is 4.90 Å². The maximum atomic E-state index is 13.7. The Labute approximate surface area is 214 Å². The van der Waals surface area contributed by atoms with Gasteiger partial charge in [0.25, 0.3) is 0 Å². The van der Waals surface area contributed by atoms with Crippen molar-refractivity contribution in [1.29, 1.82) is 0 Å². The van der Waals surface area contributed by atoms with Crippen LogP contribution in [0.4, 0.5) is 0 Å². The zero-order valence-corrected chi connectivity index (χ0v) is 20.4. The molecule has 0 aromatic heterocycles. The molecule has 7 rings (SSSR count). The Morgan fingerprint density at radius 3 is 1.68 bits per heavy atom. The molecule has 7 nitrogen and oxygen atoms in total. The molecule has 2 amide bonds. The Kier molecular flexibility index (Phi) is 5.44. The summed E-state index contributed by atoms with van der Waals surface area (Å²) in [6, 6.07) is 21.3. The van der Waals surface area contributed by atoms with Crippen LogP contribution in [0.2, 0.25) is 0 Å². The molecule has 2 bridgehead atoms. The Morgan fingerprint density at radius 1 is 0.784 bits per heavy atom. The number of amides is 2. The molecule has 0 radical (unpaired) electrons. The van der Waals surface area contributed by atoms with E-state index in [0.29, 0.717) is 11.3 Å². The highest BCUT2D eigenvalue weighted by molar-refractivity contribution is 6.10. The zero-order chi connectivity index (χ0) is 25.8. The number of rotatable bonds is 6. The van der Waals surface area contributed by atoms with E-state index in [4.69, 9.17) is 9.47 Å². The van der Waals surface area contributed by atoms with E-state index in [1.807, 2.05) is 48.5 Å². The molecule has 0 saturated carbocycles. The SMILES string of the molecule is COc1ccc(C(=O)COC(=O)[C@H](C)N2C(=O)[C@@H]3C4c5ccccc5C(c5ccccc54)[C@@H]3C2=O)cc1. The number of carbonyl (C=O) groups is 4. The normalized spacial score (nSPS) is 23.7. The van der Waals surface area contributed by atoms with E-state index in [-0.39, 0.29) is 29.4 Å². The number of hydrogen-bond acceptors (Lipinski definition) is 6. The van der Waals surface area contributed by atoms with Gasteiger partial charge in [-0.15, -0.1) is 0 Å². The Hall–Kier alpha value is -4.26. The molecule has 1 aliphatic heterocycles. The molecule has 3 aromatic rings. The first-order valence-electron chi connectivity index (χ1n) is 12.3. The second kappa shape index (κ2) is 8.69. The van der Waals surface area contributed by atoms with E-state index < -0.39 is 30.5 Å². The van der Waals surface area contributed by atoms with Gasteiger partial charge in [-0.2, -0.15) is 0 Å². The molecule has 0 N–H and O–H groups in total. The van der Waals surface area contributed by atoms with Crippen LogP contribution in [-0.2, 0) is 19.1 Å². The third kappa shape index (κ3) is 3.41. The van der Waals surface area contributed by atoms with Crippen LogP contribution in [0.3, 0.4) is 0 Å². The van der Waals surface area contributed by atoms with E-state index in [2.05, 4.69) is 0 Å². The summed E-state index contributed by atoms with van der Waals surface area (Å²) in [4.78, 5) is 54.0. The predicted octanol–water partition coefficient (Wildman–Crippen LogP) is 3.70. The van der Waals surface area contributed by atoms with E-state index in [1.54, 1.807) is 24.3 Å². The average Bonchev–Trinajstić information content (AvgIpc) is 3.21. The topological polar surface area (TPSA) is 90.0 Å². The minimum atomic E-state index is -1.14. The van der Waals surface area contributed by atoms with Crippen molar-refractivity contribution in [3.05, 3.63) is 101 Å². The molecule has 4 aliphatic rings. The summed E-state index contributed by atoms with van der Waals surface area (Å²) in [5.41, 5.74) is 4.63. The molecular formula is C30H25NO6. The fourth-order valence-corrected chi connectivity index (χ4v) is 6.31.